The molecule has 0 aliphatic carbocycles. The molecule has 94 valence electrons. The lowest BCUT2D eigenvalue weighted by Crippen LogP contribution is -2.11. The van der Waals surface area contributed by atoms with Gasteiger partial charge in [-0.1, -0.05) is 0 Å². The van der Waals surface area contributed by atoms with Gasteiger partial charge in [0.05, 0.1) is 15.1 Å². The van der Waals surface area contributed by atoms with Crippen LogP contribution in [0.3, 0.4) is 0 Å². The molecule has 1 heterocycles. The van der Waals surface area contributed by atoms with E-state index in [2.05, 4.69) is 37.0 Å². The van der Waals surface area contributed by atoms with Crippen LogP contribution in [0.5, 0.6) is 0 Å². The fraction of sp³-hybridized carbons (Fsp3) is 0.167. The molecule has 1 aromatic carbocycles. The summed E-state index contributed by atoms with van der Waals surface area (Å²) in [7, 11) is 0. The molecule has 2 rings (SSSR count). The van der Waals surface area contributed by atoms with Crippen LogP contribution in [-0.4, -0.2) is 15.6 Å². The van der Waals surface area contributed by atoms with Gasteiger partial charge in [-0.05, 0) is 57.0 Å². The first-order chi connectivity index (χ1) is 8.54. The number of halogens is 3. The fourth-order valence-corrected chi connectivity index (χ4v) is 2.46. The number of carbonyl (C=O) groups is 1. The fourth-order valence-electron chi connectivity index (χ4n) is 1.60. The molecule has 6 heteroatoms. The number of hydrogen-bond donors (Lipinski definition) is 0. The molecule has 0 unspecified atom stereocenters. The molecule has 0 amide bonds. The Morgan fingerprint density at radius 1 is 1.39 bits per heavy atom. The molecule has 18 heavy (non-hydrogen) atoms. The van der Waals surface area contributed by atoms with Crippen LogP contribution in [0.1, 0.15) is 23.0 Å². The zero-order valence-electron chi connectivity index (χ0n) is 9.45. The van der Waals surface area contributed by atoms with Gasteiger partial charge in [-0.25, -0.2) is 4.39 Å². The Morgan fingerprint density at radius 3 is 2.72 bits per heavy atom. The molecule has 1 aromatic heterocycles. The van der Waals surface area contributed by atoms with Gasteiger partial charge in [0.15, 0.2) is 0 Å². The maximum Gasteiger partial charge on any atom is 0.212 e. The summed E-state index contributed by atoms with van der Waals surface area (Å²) >= 11 is 6.37. The first-order valence-corrected chi connectivity index (χ1v) is 6.84. The largest absolute Gasteiger partial charge is 0.287 e. The molecule has 3 nitrogen and oxygen atoms in total. The van der Waals surface area contributed by atoms with E-state index in [9.17, 15) is 9.18 Å². The lowest BCUT2D eigenvalue weighted by Gasteiger charge is -2.05. The van der Waals surface area contributed by atoms with E-state index >= 15 is 0 Å². The Morgan fingerprint density at radius 2 is 2.11 bits per heavy atom. The van der Waals surface area contributed by atoms with Crippen LogP contribution in [0.2, 0.25) is 0 Å². The maximum absolute atomic E-state index is 13.1. The first-order valence-electron chi connectivity index (χ1n) is 5.25. The average molecular weight is 376 g/mol. The second kappa shape index (κ2) is 5.32. The summed E-state index contributed by atoms with van der Waals surface area (Å²) in [4.78, 5) is 12.3. The SMILES string of the molecule is CCn1ncc(Br)c1C(=O)c1ccc(F)c(Br)c1. The zero-order valence-corrected chi connectivity index (χ0v) is 12.6. The zero-order chi connectivity index (χ0) is 13.3. The molecule has 0 saturated heterocycles. The molecular weight excluding hydrogens is 367 g/mol. The topological polar surface area (TPSA) is 34.9 Å². The molecule has 0 radical (unpaired) electrons. The number of hydrogen-bond acceptors (Lipinski definition) is 2. The van der Waals surface area contributed by atoms with E-state index in [1.165, 1.54) is 18.2 Å². The lowest BCUT2D eigenvalue weighted by atomic mass is 10.1. The van der Waals surface area contributed by atoms with E-state index in [1.54, 1.807) is 10.9 Å². The number of carbonyl (C=O) groups excluding carboxylic acids is 1. The minimum Gasteiger partial charge on any atom is -0.287 e. The van der Waals surface area contributed by atoms with Gasteiger partial charge in [-0.15, -0.1) is 0 Å². The highest BCUT2D eigenvalue weighted by atomic mass is 79.9. The molecule has 0 atom stereocenters. The Labute approximate surface area is 120 Å². The Bertz CT molecular complexity index is 610. The predicted molar refractivity (Wildman–Crippen MR) is 73.1 cm³/mol. The maximum atomic E-state index is 13.1. The van der Waals surface area contributed by atoms with Gasteiger partial charge in [0, 0.05) is 12.1 Å². The molecule has 0 fully saturated rings. The summed E-state index contributed by atoms with van der Waals surface area (Å²) in [6, 6.07) is 4.19. The van der Waals surface area contributed by atoms with Crippen molar-refractivity contribution in [2.75, 3.05) is 0 Å². The number of benzene rings is 1. The van der Waals surface area contributed by atoms with Crippen LogP contribution in [0.25, 0.3) is 0 Å². The van der Waals surface area contributed by atoms with Gasteiger partial charge < -0.3 is 0 Å². The third-order valence-electron chi connectivity index (χ3n) is 2.49. The summed E-state index contributed by atoms with van der Waals surface area (Å²) in [5.41, 5.74) is 0.884. The van der Waals surface area contributed by atoms with Crippen LogP contribution < -0.4 is 0 Å². The van der Waals surface area contributed by atoms with E-state index < -0.39 is 5.82 Å². The van der Waals surface area contributed by atoms with Gasteiger partial charge in [0.1, 0.15) is 11.5 Å². The van der Waals surface area contributed by atoms with Crippen LogP contribution in [-0.2, 0) is 6.54 Å². The minimum absolute atomic E-state index is 0.193. The van der Waals surface area contributed by atoms with Crippen LogP contribution in [0, 0.1) is 5.82 Å². The quantitative estimate of drug-likeness (QED) is 0.765. The highest BCUT2D eigenvalue weighted by Crippen LogP contribution is 2.23. The van der Waals surface area contributed by atoms with E-state index in [1.807, 2.05) is 6.92 Å². The normalized spacial score (nSPS) is 10.7. The molecular formula is C12H9Br2FN2O. The van der Waals surface area contributed by atoms with Crippen molar-refractivity contribution in [3.8, 4) is 0 Å². The third-order valence-corrected chi connectivity index (χ3v) is 3.68. The van der Waals surface area contributed by atoms with E-state index in [-0.39, 0.29) is 10.3 Å². The van der Waals surface area contributed by atoms with Crippen molar-refractivity contribution in [1.29, 1.82) is 0 Å². The summed E-state index contributed by atoms with van der Waals surface area (Å²) in [6.45, 7) is 2.49. The predicted octanol–water partition coefficient (Wildman–Crippen LogP) is 3.80. The van der Waals surface area contributed by atoms with Gasteiger partial charge in [0.25, 0.3) is 0 Å². The van der Waals surface area contributed by atoms with Crippen molar-refractivity contribution in [2.24, 2.45) is 0 Å². The highest BCUT2D eigenvalue weighted by molar-refractivity contribution is 9.10. The number of ketones is 1. The van der Waals surface area contributed by atoms with Crippen molar-refractivity contribution in [1.82, 2.24) is 9.78 Å². The standard InChI is InChI=1S/C12H9Br2FN2O/c1-2-17-11(9(14)6-16-17)12(18)7-3-4-10(15)8(13)5-7/h3-6H,2H2,1H3. The Balaban J connectivity index is 2.47. The minimum atomic E-state index is -0.394. The summed E-state index contributed by atoms with van der Waals surface area (Å²) in [5, 5.41) is 4.08. The molecule has 0 aliphatic rings. The van der Waals surface area contributed by atoms with Gasteiger partial charge >= 0.3 is 0 Å². The van der Waals surface area contributed by atoms with E-state index in [0.717, 1.165) is 0 Å². The summed E-state index contributed by atoms with van der Waals surface area (Å²) < 4.78 is 15.6. The van der Waals surface area contributed by atoms with Crippen molar-refractivity contribution in [3.05, 3.63) is 50.4 Å². The molecule has 0 saturated carbocycles. The van der Waals surface area contributed by atoms with Gasteiger partial charge in [-0.3, -0.25) is 9.48 Å². The van der Waals surface area contributed by atoms with E-state index in [4.69, 9.17) is 0 Å². The monoisotopic (exact) mass is 374 g/mol. The second-order valence-corrected chi connectivity index (χ2v) is 5.32. The van der Waals surface area contributed by atoms with Crippen LogP contribution >= 0.6 is 31.9 Å². The molecule has 0 bridgehead atoms. The smallest absolute Gasteiger partial charge is 0.212 e. The third kappa shape index (κ3) is 2.40. The second-order valence-electron chi connectivity index (χ2n) is 3.61. The molecule has 0 N–H and O–H groups in total. The number of nitrogens with zero attached hydrogens (tertiary/aromatic N) is 2. The Kier molecular flexibility index (Phi) is 3.97. The van der Waals surface area contributed by atoms with E-state index in [0.29, 0.717) is 22.3 Å². The van der Waals surface area contributed by atoms with Crippen molar-refractivity contribution >= 4 is 37.6 Å². The van der Waals surface area contributed by atoms with Crippen LogP contribution in [0.4, 0.5) is 4.39 Å². The van der Waals surface area contributed by atoms with Gasteiger partial charge in [-0.2, -0.15) is 5.10 Å². The first kappa shape index (κ1) is 13.4. The van der Waals surface area contributed by atoms with Crippen LogP contribution in [0.15, 0.2) is 33.3 Å². The highest BCUT2D eigenvalue weighted by Gasteiger charge is 2.19. The van der Waals surface area contributed by atoms with Crippen molar-refractivity contribution in [2.45, 2.75) is 13.5 Å². The molecule has 0 spiro atoms. The number of rotatable bonds is 3. The van der Waals surface area contributed by atoms with Gasteiger partial charge in [0.2, 0.25) is 5.78 Å². The molecule has 0 aliphatic heterocycles. The Hall–Kier alpha value is -1.01. The summed E-state index contributed by atoms with van der Waals surface area (Å²) in [5.74, 6) is -0.587. The summed E-state index contributed by atoms with van der Waals surface area (Å²) in [6.07, 6.45) is 1.58. The molecule has 2 aromatic rings. The average Bonchev–Trinajstić information content (AvgIpc) is 2.73. The van der Waals surface area contributed by atoms with Crippen molar-refractivity contribution in [3.63, 3.8) is 0 Å². The van der Waals surface area contributed by atoms with Crippen molar-refractivity contribution < 1.29 is 9.18 Å². The lowest BCUT2D eigenvalue weighted by molar-refractivity contribution is 0.102. The number of aryl methyl sites for hydroxylation is 1. The number of aromatic nitrogens is 2.